The lowest BCUT2D eigenvalue weighted by molar-refractivity contribution is -0.163. The van der Waals surface area contributed by atoms with Crippen LogP contribution in [-0.2, 0) is 14.3 Å². The van der Waals surface area contributed by atoms with Gasteiger partial charge in [0.15, 0.2) is 11.4 Å². The molecule has 0 aromatic carbocycles. The van der Waals surface area contributed by atoms with Crippen molar-refractivity contribution in [2.45, 2.75) is 32.3 Å². The summed E-state index contributed by atoms with van der Waals surface area (Å²) < 4.78 is 4.92. The van der Waals surface area contributed by atoms with Gasteiger partial charge in [-0.2, -0.15) is 0 Å². The second-order valence-corrected chi connectivity index (χ2v) is 4.42. The smallest absolute Gasteiger partial charge is 0.343 e. The van der Waals surface area contributed by atoms with E-state index in [1.807, 2.05) is 6.92 Å². The summed E-state index contributed by atoms with van der Waals surface area (Å²) in [5, 5.41) is 10.3. The maximum absolute atomic E-state index is 12.1. The number of ether oxygens (including phenoxy) is 1. The Kier molecular flexibility index (Phi) is 2.91. The molecule has 0 saturated carbocycles. The first-order valence-corrected chi connectivity index (χ1v) is 5.90. The average Bonchev–Trinajstić information content (AvgIpc) is 2.34. The van der Waals surface area contributed by atoms with Crippen molar-refractivity contribution in [3.63, 3.8) is 0 Å². The monoisotopic (exact) mass is 236 g/mol. The molecular weight excluding hydrogens is 220 g/mol. The molecule has 1 unspecified atom stereocenters. The third kappa shape index (κ3) is 1.63. The topological polar surface area (TPSA) is 63.6 Å². The number of cyclic esters (lactones) is 1. The molecule has 0 aromatic heterocycles. The minimum atomic E-state index is -1.65. The fourth-order valence-electron chi connectivity index (χ4n) is 2.32. The second-order valence-electron chi connectivity index (χ2n) is 4.42. The minimum absolute atomic E-state index is 0.0177. The van der Waals surface area contributed by atoms with Gasteiger partial charge in [0.1, 0.15) is 6.61 Å². The Morgan fingerprint density at radius 1 is 1.47 bits per heavy atom. The van der Waals surface area contributed by atoms with Crippen LogP contribution in [0.2, 0.25) is 0 Å². The molecule has 0 bridgehead atoms. The van der Waals surface area contributed by atoms with Crippen molar-refractivity contribution in [2.24, 2.45) is 5.92 Å². The highest BCUT2D eigenvalue weighted by Gasteiger charge is 2.46. The van der Waals surface area contributed by atoms with Gasteiger partial charge in [-0.15, -0.1) is 0 Å². The predicted molar refractivity (Wildman–Crippen MR) is 61.2 cm³/mol. The average molecular weight is 236 g/mol. The minimum Gasteiger partial charge on any atom is -0.458 e. The van der Waals surface area contributed by atoms with Gasteiger partial charge >= 0.3 is 5.97 Å². The van der Waals surface area contributed by atoms with E-state index in [-0.39, 0.29) is 24.7 Å². The van der Waals surface area contributed by atoms with Crippen molar-refractivity contribution in [3.05, 3.63) is 23.3 Å². The lowest BCUT2D eigenvalue weighted by Crippen LogP contribution is -2.47. The number of hydrogen-bond acceptors (Lipinski definition) is 4. The van der Waals surface area contributed by atoms with E-state index in [1.54, 1.807) is 19.1 Å². The van der Waals surface area contributed by atoms with Crippen LogP contribution >= 0.6 is 0 Å². The SMILES string of the molecule is CCC1C=CC2=C(COC(=O)[C@]2(O)CC)C1=O. The molecule has 4 heteroatoms. The fourth-order valence-corrected chi connectivity index (χ4v) is 2.32. The van der Waals surface area contributed by atoms with Crippen LogP contribution in [0.5, 0.6) is 0 Å². The summed E-state index contributed by atoms with van der Waals surface area (Å²) in [5.41, 5.74) is -0.785. The number of carbonyl (C=O) groups excluding carboxylic acids is 2. The van der Waals surface area contributed by atoms with Gasteiger partial charge in [-0.1, -0.05) is 26.0 Å². The van der Waals surface area contributed by atoms with E-state index >= 15 is 0 Å². The van der Waals surface area contributed by atoms with Crippen molar-refractivity contribution in [1.82, 2.24) is 0 Å². The zero-order chi connectivity index (χ0) is 12.6. The number of ketones is 1. The van der Waals surface area contributed by atoms with E-state index < -0.39 is 11.6 Å². The van der Waals surface area contributed by atoms with Gasteiger partial charge in [-0.3, -0.25) is 4.79 Å². The summed E-state index contributed by atoms with van der Waals surface area (Å²) in [7, 11) is 0. The molecule has 0 amide bonds. The molecule has 1 heterocycles. The zero-order valence-electron chi connectivity index (χ0n) is 10.0. The molecule has 92 valence electrons. The molecule has 1 aliphatic heterocycles. The largest absolute Gasteiger partial charge is 0.458 e. The first-order chi connectivity index (χ1) is 8.04. The molecule has 2 atom stereocenters. The van der Waals surface area contributed by atoms with Crippen LogP contribution in [0.1, 0.15) is 26.7 Å². The number of allylic oxidation sites excluding steroid dienone is 1. The molecule has 0 saturated heterocycles. The number of carbonyl (C=O) groups is 2. The maximum atomic E-state index is 12.1. The predicted octanol–water partition coefficient (Wildman–Crippen LogP) is 1.15. The molecular formula is C13H16O4. The molecule has 0 spiro atoms. The highest BCUT2D eigenvalue weighted by molar-refractivity contribution is 6.04. The van der Waals surface area contributed by atoms with Gasteiger partial charge in [-0.05, 0) is 12.8 Å². The normalized spacial score (nSPS) is 32.5. The van der Waals surface area contributed by atoms with Gasteiger partial charge in [0.2, 0.25) is 0 Å². The first kappa shape index (κ1) is 12.0. The lowest BCUT2D eigenvalue weighted by atomic mass is 9.77. The summed E-state index contributed by atoms with van der Waals surface area (Å²) in [5.74, 6) is -0.859. The van der Waals surface area contributed by atoms with E-state index in [0.29, 0.717) is 17.6 Å². The van der Waals surface area contributed by atoms with Crippen molar-refractivity contribution < 1.29 is 19.4 Å². The Morgan fingerprint density at radius 3 is 2.76 bits per heavy atom. The number of hydrogen-bond donors (Lipinski definition) is 1. The van der Waals surface area contributed by atoms with Crippen molar-refractivity contribution >= 4 is 11.8 Å². The van der Waals surface area contributed by atoms with Crippen LogP contribution < -0.4 is 0 Å². The number of Topliss-reactive ketones (excluding diaryl/α,β-unsaturated/α-hetero) is 1. The summed E-state index contributed by atoms with van der Waals surface area (Å²) in [6.07, 6.45) is 4.39. The van der Waals surface area contributed by atoms with Gasteiger partial charge in [-0.25, -0.2) is 4.79 Å². The van der Waals surface area contributed by atoms with E-state index in [0.717, 1.165) is 0 Å². The summed E-state index contributed by atoms with van der Waals surface area (Å²) >= 11 is 0. The van der Waals surface area contributed by atoms with Crippen molar-refractivity contribution in [1.29, 1.82) is 0 Å². The molecule has 17 heavy (non-hydrogen) atoms. The maximum Gasteiger partial charge on any atom is 0.343 e. The van der Waals surface area contributed by atoms with Crippen LogP contribution in [0, 0.1) is 5.92 Å². The van der Waals surface area contributed by atoms with Gasteiger partial charge < -0.3 is 9.84 Å². The van der Waals surface area contributed by atoms with E-state index in [9.17, 15) is 14.7 Å². The van der Waals surface area contributed by atoms with Crippen LogP contribution in [0.15, 0.2) is 23.3 Å². The van der Waals surface area contributed by atoms with Gasteiger partial charge in [0.25, 0.3) is 0 Å². The molecule has 1 aliphatic carbocycles. The molecule has 2 rings (SSSR count). The molecule has 1 N–H and O–H groups in total. The van der Waals surface area contributed by atoms with Crippen molar-refractivity contribution in [2.75, 3.05) is 6.61 Å². The van der Waals surface area contributed by atoms with Gasteiger partial charge in [0, 0.05) is 17.1 Å². The highest BCUT2D eigenvalue weighted by atomic mass is 16.6. The Bertz CT molecular complexity index is 433. The van der Waals surface area contributed by atoms with E-state index in [4.69, 9.17) is 4.74 Å². The molecule has 0 radical (unpaired) electrons. The standard InChI is InChI=1S/C13H16O4/c1-3-8-5-6-10-9(11(8)14)7-17-12(15)13(10,16)4-2/h5-6,8,16H,3-4,7H2,1-2H3/t8?,13-/m0/s1. The molecule has 2 aliphatic rings. The third-order valence-electron chi connectivity index (χ3n) is 3.54. The molecule has 0 fully saturated rings. The highest BCUT2D eigenvalue weighted by Crippen LogP contribution is 2.35. The molecule has 0 aromatic rings. The summed E-state index contributed by atoms with van der Waals surface area (Å²) in [6.45, 7) is 3.61. The van der Waals surface area contributed by atoms with Crippen molar-refractivity contribution in [3.8, 4) is 0 Å². The number of aliphatic hydroxyl groups is 1. The third-order valence-corrected chi connectivity index (χ3v) is 3.54. The van der Waals surface area contributed by atoms with E-state index in [1.165, 1.54) is 0 Å². The lowest BCUT2D eigenvalue weighted by Gasteiger charge is -2.34. The fraction of sp³-hybridized carbons (Fsp3) is 0.538. The second kappa shape index (κ2) is 4.11. The Balaban J connectivity index is 2.49. The number of esters is 1. The van der Waals surface area contributed by atoms with Crippen LogP contribution in [0.4, 0.5) is 0 Å². The Morgan fingerprint density at radius 2 is 2.18 bits per heavy atom. The van der Waals surface area contributed by atoms with Gasteiger partial charge in [0.05, 0.1) is 0 Å². The molecule has 4 nitrogen and oxygen atoms in total. The van der Waals surface area contributed by atoms with Crippen LogP contribution in [0.3, 0.4) is 0 Å². The summed E-state index contributed by atoms with van der Waals surface area (Å²) in [4.78, 5) is 23.7. The van der Waals surface area contributed by atoms with Crippen LogP contribution in [-0.4, -0.2) is 29.1 Å². The Labute approximate surface area is 100.0 Å². The summed E-state index contributed by atoms with van der Waals surface area (Å²) in [6, 6.07) is 0. The Hall–Kier alpha value is -1.42. The van der Waals surface area contributed by atoms with Crippen LogP contribution in [0.25, 0.3) is 0 Å². The van der Waals surface area contributed by atoms with E-state index in [2.05, 4.69) is 0 Å². The quantitative estimate of drug-likeness (QED) is 0.730. The zero-order valence-corrected chi connectivity index (χ0v) is 10.0. The number of rotatable bonds is 2. The first-order valence-electron chi connectivity index (χ1n) is 5.90.